The van der Waals surface area contributed by atoms with Gasteiger partial charge in [-0.2, -0.15) is 0 Å². The van der Waals surface area contributed by atoms with Crippen molar-refractivity contribution in [2.45, 2.75) is 43.9 Å². The molecule has 0 bridgehead atoms. The monoisotopic (exact) mass is 623 g/mol. The van der Waals surface area contributed by atoms with Gasteiger partial charge in [-0.05, 0) is 25.5 Å². The highest BCUT2D eigenvalue weighted by Crippen LogP contribution is 2.06. The minimum Gasteiger partial charge on any atom is -0.469 e. The Labute approximate surface area is 256 Å². The molecule has 8 N–H and O–H groups in total. The summed E-state index contributed by atoms with van der Waals surface area (Å²) in [4.78, 5) is 97.1. The van der Waals surface area contributed by atoms with Crippen LogP contribution in [0.2, 0.25) is 0 Å². The molecule has 0 aromatic carbocycles. The number of nitrogens with one attached hydrogen (secondary N) is 6. The minimum absolute atomic E-state index is 0.0430. The third-order valence-corrected chi connectivity index (χ3v) is 6.26. The topological polar surface area (TPSA) is 257 Å². The van der Waals surface area contributed by atoms with Gasteiger partial charge >= 0.3 is 0 Å². The first-order valence-electron chi connectivity index (χ1n) is 13.7. The largest absolute Gasteiger partial charge is 0.469 e. The first-order chi connectivity index (χ1) is 21.6. The molecule has 0 spiro atoms. The van der Waals surface area contributed by atoms with Crippen molar-refractivity contribution in [3.63, 3.8) is 0 Å². The van der Waals surface area contributed by atoms with E-state index in [1.54, 1.807) is 19.1 Å². The Kier molecular flexibility index (Phi) is 12.5. The SMILES string of the molecule is C/C=C/C1NC(=O)C=CC(=O)NC(C(N)=O)CCNC(=O)C(CNC(=O)c2cnccn2)NC(=O)C(Cc2ccco2)NC1=O. The molecule has 4 atom stereocenters. The highest BCUT2D eigenvalue weighted by Gasteiger charge is 2.30. The lowest BCUT2D eigenvalue weighted by atomic mass is 10.1. The van der Waals surface area contributed by atoms with Crippen molar-refractivity contribution >= 4 is 41.4 Å². The molecule has 3 rings (SSSR count). The van der Waals surface area contributed by atoms with Crippen molar-refractivity contribution in [3.8, 4) is 0 Å². The smallest absolute Gasteiger partial charge is 0.271 e. The predicted molar refractivity (Wildman–Crippen MR) is 155 cm³/mol. The number of nitrogens with zero attached hydrogens (tertiary/aromatic N) is 2. The van der Waals surface area contributed by atoms with Gasteiger partial charge in [-0.3, -0.25) is 38.5 Å². The summed E-state index contributed by atoms with van der Waals surface area (Å²) in [7, 11) is 0. The van der Waals surface area contributed by atoms with Gasteiger partial charge in [0.1, 0.15) is 35.6 Å². The standard InChI is InChI=1S/C28H33N9O8/c1-2-4-18-27(43)36-19(13-16-5-3-12-45-16)28(44)37-21(15-33-25(41)20-14-30-10-11-31-20)26(42)32-9-8-17(24(29)40)34-22(38)6-7-23(39)35-18/h2-7,10-12,14,17-19,21H,8-9,13,15H2,1H3,(H2,29,40)(H,32,42)(H,33,41)(H,34,38)(H,35,39)(H,36,43)(H,37,44)/b4-2+,7-6?. The number of nitrogens with two attached hydrogens (primary N) is 1. The van der Waals surface area contributed by atoms with E-state index >= 15 is 0 Å². The molecule has 45 heavy (non-hydrogen) atoms. The second-order valence-corrected chi connectivity index (χ2v) is 9.60. The van der Waals surface area contributed by atoms with Crippen LogP contribution in [0.4, 0.5) is 0 Å². The summed E-state index contributed by atoms with van der Waals surface area (Å²) in [6, 6.07) is -2.04. The van der Waals surface area contributed by atoms with Crippen molar-refractivity contribution < 1.29 is 38.0 Å². The van der Waals surface area contributed by atoms with E-state index in [0.29, 0.717) is 5.76 Å². The number of carbonyl (C=O) groups is 7. The number of rotatable bonds is 7. The van der Waals surface area contributed by atoms with Crippen LogP contribution in [0.3, 0.4) is 0 Å². The average Bonchev–Trinajstić information content (AvgIpc) is 3.53. The number of furan rings is 1. The molecule has 17 nitrogen and oxygen atoms in total. The van der Waals surface area contributed by atoms with E-state index in [0.717, 1.165) is 12.2 Å². The Morgan fingerprint density at radius 3 is 2.38 bits per heavy atom. The molecular formula is C28H33N9O8. The van der Waals surface area contributed by atoms with Crippen LogP contribution in [-0.4, -0.2) is 88.6 Å². The van der Waals surface area contributed by atoms with Gasteiger partial charge in [0.2, 0.25) is 35.4 Å². The van der Waals surface area contributed by atoms with Crippen LogP contribution in [0.25, 0.3) is 0 Å². The van der Waals surface area contributed by atoms with Crippen molar-refractivity contribution in [1.82, 2.24) is 41.9 Å². The van der Waals surface area contributed by atoms with Crippen molar-refractivity contribution in [3.05, 3.63) is 72.7 Å². The Hall–Kier alpha value is -5.87. The number of hydrogen-bond acceptors (Lipinski definition) is 10. The molecule has 2 aromatic rings. The summed E-state index contributed by atoms with van der Waals surface area (Å²) in [5.41, 5.74) is 5.34. The Morgan fingerprint density at radius 2 is 1.73 bits per heavy atom. The second kappa shape index (κ2) is 16.7. The summed E-state index contributed by atoms with van der Waals surface area (Å²) >= 11 is 0. The van der Waals surface area contributed by atoms with Crippen molar-refractivity contribution in [2.75, 3.05) is 13.1 Å². The van der Waals surface area contributed by atoms with Crippen LogP contribution in [0.1, 0.15) is 29.6 Å². The van der Waals surface area contributed by atoms with Gasteiger partial charge < -0.3 is 42.1 Å². The summed E-state index contributed by atoms with van der Waals surface area (Å²) in [5.74, 6) is -5.29. The van der Waals surface area contributed by atoms with E-state index in [-0.39, 0.29) is 25.1 Å². The van der Waals surface area contributed by atoms with E-state index in [1.807, 2.05) is 0 Å². The van der Waals surface area contributed by atoms with Crippen molar-refractivity contribution in [1.29, 1.82) is 0 Å². The first kappa shape index (κ1) is 33.6. The number of primary amides is 1. The fourth-order valence-corrected chi connectivity index (χ4v) is 4.00. The summed E-state index contributed by atoms with van der Waals surface area (Å²) in [5, 5.41) is 14.8. The van der Waals surface area contributed by atoms with Gasteiger partial charge in [0.05, 0.1) is 12.5 Å². The molecule has 17 heteroatoms. The van der Waals surface area contributed by atoms with Crippen LogP contribution in [-0.2, 0) is 35.2 Å². The number of aromatic nitrogens is 2. The molecule has 1 aliphatic rings. The molecule has 3 heterocycles. The Morgan fingerprint density at radius 1 is 1.00 bits per heavy atom. The molecule has 7 amide bonds. The highest BCUT2D eigenvalue weighted by molar-refractivity contribution is 6.01. The van der Waals surface area contributed by atoms with Gasteiger partial charge in [-0.25, -0.2) is 4.98 Å². The molecular weight excluding hydrogens is 590 g/mol. The van der Waals surface area contributed by atoms with Crippen LogP contribution >= 0.6 is 0 Å². The van der Waals surface area contributed by atoms with E-state index in [9.17, 15) is 33.6 Å². The third-order valence-electron chi connectivity index (χ3n) is 6.26. The molecule has 0 radical (unpaired) electrons. The molecule has 1 aliphatic heterocycles. The zero-order chi connectivity index (χ0) is 32.8. The number of carbonyl (C=O) groups excluding carboxylic acids is 7. The van der Waals surface area contributed by atoms with Crippen LogP contribution in [0, 0.1) is 0 Å². The van der Waals surface area contributed by atoms with E-state index in [4.69, 9.17) is 10.2 Å². The fraction of sp³-hybridized carbons (Fsp3) is 0.321. The number of amides is 7. The van der Waals surface area contributed by atoms with Crippen LogP contribution in [0.5, 0.6) is 0 Å². The van der Waals surface area contributed by atoms with Gasteiger partial charge in [-0.15, -0.1) is 0 Å². The van der Waals surface area contributed by atoms with E-state index < -0.39 is 72.1 Å². The Balaban J connectivity index is 1.92. The molecule has 238 valence electrons. The molecule has 0 fully saturated rings. The third kappa shape index (κ3) is 10.7. The lowest BCUT2D eigenvalue weighted by Crippen LogP contribution is -2.59. The maximum Gasteiger partial charge on any atom is 0.271 e. The fourth-order valence-electron chi connectivity index (χ4n) is 4.00. The lowest BCUT2D eigenvalue weighted by Gasteiger charge is -2.25. The van der Waals surface area contributed by atoms with Crippen LogP contribution in [0.15, 0.2) is 65.7 Å². The quantitative estimate of drug-likeness (QED) is 0.155. The molecule has 0 saturated heterocycles. The van der Waals surface area contributed by atoms with Crippen LogP contribution < -0.4 is 37.6 Å². The first-order valence-corrected chi connectivity index (χ1v) is 13.7. The van der Waals surface area contributed by atoms with Gasteiger partial charge in [0.15, 0.2) is 0 Å². The summed E-state index contributed by atoms with van der Waals surface area (Å²) < 4.78 is 5.34. The van der Waals surface area contributed by atoms with Gasteiger partial charge in [-0.1, -0.05) is 12.2 Å². The molecule has 0 saturated carbocycles. The number of hydrogen-bond donors (Lipinski definition) is 7. The second-order valence-electron chi connectivity index (χ2n) is 9.60. The zero-order valence-corrected chi connectivity index (χ0v) is 24.1. The number of allylic oxidation sites excluding steroid dienone is 1. The predicted octanol–water partition coefficient (Wildman–Crippen LogP) is -2.88. The van der Waals surface area contributed by atoms with Crippen molar-refractivity contribution in [2.24, 2.45) is 5.73 Å². The maximum absolute atomic E-state index is 13.5. The highest BCUT2D eigenvalue weighted by atomic mass is 16.3. The normalized spacial score (nSPS) is 22.2. The molecule has 4 unspecified atom stereocenters. The van der Waals surface area contributed by atoms with Gasteiger partial charge in [0.25, 0.3) is 5.91 Å². The van der Waals surface area contributed by atoms with E-state index in [2.05, 4.69) is 41.9 Å². The Bertz CT molecular complexity index is 1440. The van der Waals surface area contributed by atoms with E-state index in [1.165, 1.54) is 37.0 Å². The molecule has 0 aliphatic carbocycles. The zero-order valence-electron chi connectivity index (χ0n) is 24.1. The molecule has 2 aromatic heterocycles. The van der Waals surface area contributed by atoms with Gasteiger partial charge in [0, 0.05) is 44.1 Å². The lowest BCUT2D eigenvalue weighted by molar-refractivity contribution is -0.132. The minimum atomic E-state index is -1.39. The summed E-state index contributed by atoms with van der Waals surface area (Å²) in [6.07, 6.45) is 9.52. The average molecular weight is 624 g/mol. The maximum atomic E-state index is 13.5. The summed E-state index contributed by atoms with van der Waals surface area (Å²) in [6.45, 7) is 1.01.